The average Bonchev–Trinajstić information content (AvgIpc) is 2.35. The number of fused-ring (bicyclic) bond motifs is 2. The predicted octanol–water partition coefficient (Wildman–Crippen LogP) is 3.06. The number of carbonyl (C=O) groups is 1. The molecule has 1 aromatic carbocycles. The molecule has 3 nitrogen and oxygen atoms in total. The van der Waals surface area contributed by atoms with Gasteiger partial charge in [-0.2, -0.15) is 0 Å². The van der Waals surface area contributed by atoms with Crippen LogP contribution in [0, 0.1) is 5.92 Å². The monoisotopic (exact) mass is 241 g/mol. The van der Waals surface area contributed by atoms with E-state index in [9.17, 15) is 9.90 Å². The highest BCUT2D eigenvalue weighted by Crippen LogP contribution is 2.31. The highest BCUT2D eigenvalue weighted by molar-refractivity contribution is 6.04. The number of aromatic carboxylic acids is 1. The zero-order valence-corrected chi connectivity index (χ0v) is 10.3. The van der Waals surface area contributed by atoms with Gasteiger partial charge < -0.3 is 5.11 Å². The summed E-state index contributed by atoms with van der Waals surface area (Å²) in [7, 11) is 0. The molecule has 1 aromatic heterocycles. The van der Waals surface area contributed by atoms with E-state index in [0.717, 1.165) is 41.4 Å². The van der Waals surface area contributed by atoms with E-state index < -0.39 is 5.97 Å². The minimum absolute atomic E-state index is 0.461. The van der Waals surface area contributed by atoms with Crippen LogP contribution in [0.4, 0.5) is 0 Å². The van der Waals surface area contributed by atoms with Gasteiger partial charge in [-0.15, -0.1) is 0 Å². The summed E-state index contributed by atoms with van der Waals surface area (Å²) in [5.74, 6) is -0.243. The molecule has 0 saturated carbocycles. The van der Waals surface area contributed by atoms with Crippen LogP contribution in [0.25, 0.3) is 10.9 Å². The first-order valence-corrected chi connectivity index (χ1v) is 6.30. The number of nitrogens with zero attached hydrogens (tertiary/aromatic N) is 1. The van der Waals surface area contributed by atoms with Crippen LogP contribution in [0.15, 0.2) is 24.3 Å². The van der Waals surface area contributed by atoms with Crippen LogP contribution in [0.3, 0.4) is 0 Å². The van der Waals surface area contributed by atoms with Gasteiger partial charge in [-0.1, -0.05) is 25.1 Å². The van der Waals surface area contributed by atoms with Crippen molar-refractivity contribution in [2.75, 3.05) is 0 Å². The molecule has 0 radical (unpaired) electrons. The molecule has 2 aromatic rings. The number of carboxylic acids is 1. The van der Waals surface area contributed by atoms with Gasteiger partial charge >= 0.3 is 5.97 Å². The molecule has 92 valence electrons. The van der Waals surface area contributed by atoms with Gasteiger partial charge in [0.15, 0.2) is 0 Å². The van der Waals surface area contributed by atoms with Crippen molar-refractivity contribution in [1.82, 2.24) is 4.98 Å². The number of benzene rings is 1. The van der Waals surface area contributed by atoms with Crippen LogP contribution in [0.5, 0.6) is 0 Å². The van der Waals surface area contributed by atoms with E-state index in [0.29, 0.717) is 11.5 Å². The zero-order chi connectivity index (χ0) is 12.7. The van der Waals surface area contributed by atoms with Crippen LogP contribution in [-0.2, 0) is 12.8 Å². The third-order valence-corrected chi connectivity index (χ3v) is 3.72. The maximum Gasteiger partial charge on any atom is 0.336 e. The van der Waals surface area contributed by atoms with Gasteiger partial charge in [-0.3, -0.25) is 4.98 Å². The molecule has 3 rings (SSSR count). The van der Waals surface area contributed by atoms with Gasteiger partial charge in [0.2, 0.25) is 0 Å². The number of rotatable bonds is 1. The number of aromatic nitrogens is 1. The third kappa shape index (κ3) is 1.67. The molecule has 0 amide bonds. The Labute approximate surface area is 105 Å². The van der Waals surface area contributed by atoms with Gasteiger partial charge in [-0.05, 0) is 36.8 Å². The Hall–Kier alpha value is -1.90. The molecule has 18 heavy (non-hydrogen) atoms. The predicted molar refractivity (Wildman–Crippen MR) is 69.9 cm³/mol. The average molecular weight is 241 g/mol. The molecule has 0 unspecified atom stereocenters. The fraction of sp³-hybridized carbons (Fsp3) is 0.333. The molecule has 1 heterocycles. The number of pyridine rings is 1. The lowest BCUT2D eigenvalue weighted by Gasteiger charge is -2.23. The van der Waals surface area contributed by atoms with Gasteiger partial charge in [0.05, 0.1) is 11.1 Å². The summed E-state index contributed by atoms with van der Waals surface area (Å²) in [6.45, 7) is 2.19. The minimum Gasteiger partial charge on any atom is -0.478 e. The second kappa shape index (κ2) is 4.09. The van der Waals surface area contributed by atoms with E-state index in [4.69, 9.17) is 0 Å². The molecule has 3 heteroatoms. The number of hydrogen-bond acceptors (Lipinski definition) is 2. The normalized spacial score (nSPS) is 18.6. The second-order valence-electron chi connectivity index (χ2n) is 5.08. The van der Waals surface area contributed by atoms with E-state index in [1.54, 1.807) is 0 Å². The smallest absolute Gasteiger partial charge is 0.336 e. The number of hydrogen-bond donors (Lipinski definition) is 1. The second-order valence-corrected chi connectivity index (χ2v) is 5.08. The number of para-hydroxylation sites is 1. The molecule has 0 aliphatic heterocycles. The molecular formula is C15H15NO2. The van der Waals surface area contributed by atoms with Crippen molar-refractivity contribution in [3.63, 3.8) is 0 Å². The lowest BCUT2D eigenvalue weighted by atomic mass is 9.84. The van der Waals surface area contributed by atoms with Crippen LogP contribution in [0.2, 0.25) is 0 Å². The van der Waals surface area contributed by atoms with Crippen molar-refractivity contribution >= 4 is 16.9 Å². The van der Waals surface area contributed by atoms with Crippen LogP contribution >= 0.6 is 0 Å². The van der Waals surface area contributed by atoms with E-state index >= 15 is 0 Å². The maximum absolute atomic E-state index is 11.5. The molecule has 1 aliphatic rings. The first kappa shape index (κ1) is 11.2. The molecule has 0 fully saturated rings. The van der Waals surface area contributed by atoms with Crippen molar-refractivity contribution < 1.29 is 9.90 Å². The van der Waals surface area contributed by atoms with Crippen molar-refractivity contribution in [1.29, 1.82) is 0 Å². The fourth-order valence-corrected chi connectivity index (χ4v) is 2.81. The summed E-state index contributed by atoms with van der Waals surface area (Å²) >= 11 is 0. The molecule has 1 N–H and O–H groups in total. The van der Waals surface area contributed by atoms with Gasteiger partial charge in [-0.25, -0.2) is 4.79 Å². The lowest BCUT2D eigenvalue weighted by Crippen LogP contribution is -2.17. The molecule has 1 aliphatic carbocycles. The Morgan fingerprint density at radius 1 is 1.39 bits per heavy atom. The van der Waals surface area contributed by atoms with E-state index in [1.807, 2.05) is 24.3 Å². The van der Waals surface area contributed by atoms with Gasteiger partial charge in [0.1, 0.15) is 0 Å². The Balaban J connectivity index is 2.35. The summed E-state index contributed by atoms with van der Waals surface area (Å²) in [5.41, 5.74) is 3.18. The van der Waals surface area contributed by atoms with Crippen molar-refractivity contribution in [2.45, 2.75) is 26.2 Å². The van der Waals surface area contributed by atoms with E-state index in [-0.39, 0.29) is 0 Å². The first-order chi connectivity index (χ1) is 8.66. The maximum atomic E-state index is 11.5. The highest BCUT2D eigenvalue weighted by atomic mass is 16.4. The number of carboxylic acid groups (broad SMARTS) is 1. The minimum atomic E-state index is -0.834. The summed E-state index contributed by atoms with van der Waals surface area (Å²) in [6, 6.07) is 7.51. The Morgan fingerprint density at radius 3 is 2.94 bits per heavy atom. The quantitative estimate of drug-likeness (QED) is 0.834. The SMILES string of the molecule is C[C@@H]1CCc2c(nc3ccccc3c2C(=O)O)C1. The lowest BCUT2D eigenvalue weighted by molar-refractivity contribution is 0.0697. The summed E-state index contributed by atoms with van der Waals surface area (Å²) < 4.78 is 0. The Morgan fingerprint density at radius 2 is 2.17 bits per heavy atom. The van der Waals surface area contributed by atoms with Gasteiger partial charge in [0, 0.05) is 11.1 Å². The van der Waals surface area contributed by atoms with Crippen LogP contribution in [0.1, 0.15) is 35.0 Å². The summed E-state index contributed by atoms with van der Waals surface area (Å²) in [4.78, 5) is 16.2. The van der Waals surface area contributed by atoms with Crippen LogP contribution < -0.4 is 0 Å². The van der Waals surface area contributed by atoms with E-state index in [1.165, 1.54) is 0 Å². The van der Waals surface area contributed by atoms with Crippen molar-refractivity contribution in [2.24, 2.45) is 5.92 Å². The Bertz CT molecular complexity index is 634. The van der Waals surface area contributed by atoms with Gasteiger partial charge in [0.25, 0.3) is 0 Å². The molecule has 1 atom stereocenters. The van der Waals surface area contributed by atoms with Crippen molar-refractivity contribution in [3.05, 3.63) is 41.1 Å². The summed E-state index contributed by atoms with van der Waals surface area (Å²) in [6.07, 6.45) is 2.77. The topological polar surface area (TPSA) is 50.2 Å². The molecule has 0 bridgehead atoms. The van der Waals surface area contributed by atoms with Crippen LogP contribution in [-0.4, -0.2) is 16.1 Å². The molecule has 0 saturated heterocycles. The van der Waals surface area contributed by atoms with E-state index in [2.05, 4.69) is 11.9 Å². The standard InChI is InChI=1S/C15H15NO2/c1-9-6-7-11-13(8-9)16-12-5-3-2-4-10(12)14(11)15(17)18/h2-5,9H,6-8H2,1H3,(H,17,18)/t9-/m1/s1. The van der Waals surface area contributed by atoms with Crippen molar-refractivity contribution in [3.8, 4) is 0 Å². The largest absolute Gasteiger partial charge is 0.478 e. The fourth-order valence-electron chi connectivity index (χ4n) is 2.81. The Kier molecular flexibility index (Phi) is 2.54. The third-order valence-electron chi connectivity index (χ3n) is 3.72. The summed E-state index contributed by atoms with van der Waals surface area (Å²) in [5, 5.41) is 10.2. The zero-order valence-electron chi connectivity index (χ0n) is 10.3. The first-order valence-electron chi connectivity index (χ1n) is 6.30. The molecular weight excluding hydrogens is 226 g/mol. The molecule has 0 spiro atoms. The highest BCUT2D eigenvalue weighted by Gasteiger charge is 2.24.